The van der Waals surface area contributed by atoms with Gasteiger partial charge in [-0.05, 0) is 0 Å². The van der Waals surface area contributed by atoms with Gasteiger partial charge in [-0.2, -0.15) is 0 Å². The van der Waals surface area contributed by atoms with Gasteiger partial charge in [-0.15, -0.1) is 0 Å². The molecule has 0 spiro atoms. The van der Waals surface area contributed by atoms with Crippen molar-refractivity contribution in [3.63, 3.8) is 0 Å². The molecule has 1 amide bonds. The SMILES string of the molecule is C=CC(=O)N1CCCC1Cn1nc(-c2ccc(Oc3ccccc3)cc2)c2cncc([Xe])c21. The number of ether oxygens (including phenoxy) is 1. The number of benzene rings is 2. The average molecular weight is 555 g/mol. The van der Waals surface area contributed by atoms with Gasteiger partial charge in [0.25, 0.3) is 0 Å². The first-order chi connectivity index (χ1) is 16.1. The van der Waals surface area contributed by atoms with E-state index in [-0.39, 0.29) is 11.9 Å². The van der Waals surface area contributed by atoms with Gasteiger partial charge >= 0.3 is 221 Å². The van der Waals surface area contributed by atoms with Crippen LogP contribution in [0.15, 0.2) is 79.6 Å². The fraction of sp³-hybridized carbons (Fsp3) is 0.192. The number of fused-ring (bicyclic) bond motifs is 1. The van der Waals surface area contributed by atoms with Crippen molar-refractivity contribution >= 4 is 16.8 Å². The van der Waals surface area contributed by atoms with E-state index in [1.807, 2.05) is 76.6 Å². The number of pyridine rings is 1. The third-order valence-electron chi connectivity index (χ3n) is 5.92. The van der Waals surface area contributed by atoms with Gasteiger partial charge < -0.3 is 0 Å². The summed E-state index contributed by atoms with van der Waals surface area (Å²) in [4.78, 5) is 18.6. The minimum absolute atomic E-state index is 0.0168. The number of nitrogens with zero attached hydrogens (tertiary/aromatic N) is 4. The molecule has 0 bridgehead atoms. The number of amides is 1. The van der Waals surface area contributed by atoms with Crippen molar-refractivity contribution in [1.29, 1.82) is 0 Å². The molecular formula is C26H23N4O2Xe. The van der Waals surface area contributed by atoms with Gasteiger partial charge in [-0.3, -0.25) is 0 Å². The van der Waals surface area contributed by atoms with Gasteiger partial charge in [0.2, 0.25) is 0 Å². The average Bonchev–Trinajstić information content (AvgIpc) is 3.46. The predicted octanol–water partition coefficient (Wildman–Crippen LogP) is 4.24. The summed E-state index contributed by atoms with van der Waals surface area (Å²) in [5.41, 5.74) is 2.89. The van der Waals surface area contributed by atoms with E-state index in [9.17, 15) is 4.79 Å². The molecule has 4 aromatic rings. The van der Waals surface area contributed by atoms with Gasteiger partial charge in [0.05, 0.1) is 0 Å². The number of aromatic nitrogens is 3. The van der Waals surface area contributed by atoms with Crippen molar-refractivity contribution in [3.05, 3.63) is 79.6 Å². The third-order valence-corrected chi connectivity index (χ3v) is 6.66. The number of hydrogen-bond acceptors (Lipinski definition) is 4. The zero-order valence-electron chi connectivity index (χ0n) is 18.0. The predicted molar refractivity (Wildman–Crippen MR) is 124 cm³/mol. The van der Waals surface area contributed by atoms with E-state index < -0.39 is 0 Å². The second kappa shape index (κ2) is 9.87. The molecule has 1 atom stereocenters. The summed E-state index contributed by atoms with van der Waals surface area (Å²) in [5.74, 6) is 1.55. The zero-order chi connectivity index (χ0) is 22.8. The van der Waals surface area contributed by atoms with E-state index in [4.69, 9.17) is 9.84 Å². The summed E-state index contributed by atoms with van der Waals surface area (Å²) >= 11 is 2.65. The van der Waals surface area contributed by atoms with E-state index >= 15 is 0 Å². The number of carbonyl (C=O) groups is 1. The van der Waals surface area contributed by atoms with Crippen molar-refractivity contribution < 1.29 is 56.1 Å². The Morgan fingerprint density at radius 1 is 1.12 bits per heavy atom. The minimum atomic E-state index is -0.0168. The number of likely N-dealkylation sites (tertiary alicyclic amines) is 1. The maximum absolute atomic E-state index is 12.3. The molecule has 1 aliphatic heterocycles. The van der Waals surface area contributed by atoms with Crippen LogP contribution in [0.4, 0.5) is 0 Å². The molecule has 5 rings (SSSR count). The molecule has 2 aromatic carbocycles. The fourth-order valence-electron chi connectivity index (χ4n) is 4.36. The second-order valence-electron chi connectivity index (χ2n) is 8.01. The van der Waals surface area contributed by atoms with Crippen LogP contribution in [-0.2, 0) is 11.3 Å². The molecule has 2 aromatic heterocycles. The number of carbonyl (C=O) groups excluding carboxylic acids is 1. The van der Waals surface area contributed by atoms with Crippen LogP contribution in [0, 0.1) is 46.5 Å². The van der Waals surface area contributed by atoms with E-state index in [1.165, 1.54) is 6.08 Å². The maximum atomic E-state index is 12.3. The van der Waals surface area contributed by atoms with Crippen molar-refractivity contribution in [1.82, 2.24) is 19.7 Å². The van der Waals surface area contributed by atoms with Crippen molar-refractivity contribution in [2.45, 2.75) is 25.4 Å². The van der Waals surface area contributed by atoms with Crippen LogP contribution >= 0.6 is 0 Å². The van der Waals surface area contributed by atoms with Gasteiger partial charge in [0.1, 0.15) is 0 Å². The summed E-state index contributed by atoms with van der Waals surface area (Å²) in [5, 5.41) is 5.97. The van der Waals surface area contributed by atoms with Crippen molar-refractivity contribution in [3.8, 4) is 22.8 Å². The Hall–Kier alpha value is -2.36. The first kappa shape index (κ1) is 22.4. The fourth-order valence-corrected chi connectivity index (χ4v) is 5.05. The Labute approximate surface area is 225 Å². The monoisotopic (exact) mass is 555 g/mol. The normalized spacial score (nSPS) is 15.7. The van der Waals surface area contributed by atoms with Crippen LogP contribution in [0.25, 0.3) is 22.2 Å². The standard InChI is InChI=1S/C26H23N4O2Xe/c1-2-24(31)29-14-6-7-19(29)17-30-26-22(15-27-16-23(26)33)25(28-30)18-10-12-21(13-11-18)32-20-8-4-3-5-9-20/h2-5,8-13,15-16,19H,1,6-7,14,17H2. The number of hydrogen-bond donors (Lipinski definition) is 0. The summed E-state index contributed by atoms with van der Waals surface area (Å²) in [6.45, 7) is 5.06. The van der Waals surface area contributed by atoms with E-state index in [2.05, 4.69) is 58.1 Å². The second-order valence-corrected chi connectivity index (χ2v) is 9.09. The molecule has 167 valence electrons. The van der Waals surface area contributed by atoms with Crippen molar-refractivity contribution in [2.24, 2.45) is 0 Å². The summed E-state index contributed by atoms with van der Waals surface area (Å²) in [7, 11) is 0. The Bertz CT molecular complexity index is 1300. The van der Waals surface area contributed by atoms with Crippen LogP contribution in [0.2, 0.25) is 0 Å². The molecule has 0 saturated carbocycles. The molecule has 7 heteroatoms. The molecule has 0 N–H and O–H groups in total. The van der Waals surface area contributed by atoms with Crippen LogP contribution in [0.5, 0.6) is 11.5 Å². The molecular weight excluding hydrogens is 532 g/mol. The quantitative estimate of drug-likeness (QED) is 0.335. The van der Waals surface area contributed by atoms with Gasteiger partial charge in [-0.1, -0.05) is 6.07 Å². The summed E-state index contributed by atoms with van der Waals surface area (Å²) in [6.07, 6.45) is 7.05. The van der Waals surface area contributed by atoms with Crippen molar-refractivity contribution in [2.75, 3.05) is 6.54 Å². The Morgan fingerprint density at radius 2 is 1.88 bits per heavy atom. The van der Waals surface area contributed by atoms with E-state index in [0.29, 0.717) is 6.54 Å². The molecule has 1 unspecified atom stereocenters. The molecule has 6 nitrogen and oxygen atoms in total. The van der Waals surface area contributed by atoms with Crippen LogP contribution in [0.3, 0.4) is 0 Å². The molecule has 33 heavy (non-hydrogen) atoms. The van der Waals surface area contributed by atoms with Gasteiger partial charge in [0.15, 0.2) is 0 Å². The number of rotatable bonds is 6. The Kier molecular flexibility index (Phi) is 6.71. The van der Waals surface area contributed by atoms with E-state index in [1.54, 1.807) is 0 Å². The van der Waals surface area contributed by atoms with Gasteiger partial charge in [0, 0.05) is 0 Å². The first-order valence-electron chi connectivity index (χ1n) is 10.9. The molecule has 3 heterocycles. The van der Waals surface area contributed by atoms with Crippen LogP contribution in [-0.4, -0.2) is 38.2 Å². The summed E-state index contributed by atoms with van der Waals surface area (Å²) < 4.78 is 8.94. The third kappa shape index (κ3) is 4.67. The van der Waals surface area contributed by atoms with E-state index in [0.717, 1.165) is 53.1 Å². The zero-order valence-corrected chi connectivity index (χ0v) is 20.0. The molecule has 1 aliphatic rings. The topological polar surface area (TPSA) is 60.2 Å². The Morgan fingerprint density at radius 3 is 2.64 bits per heavy atom. The number of para-hydroxylation sites is 1. The first-order valence-corrected chi connectivity index (χ1v) is 11.9. The summed E-state index contributed by atoms with van der Waals surface area (Å²) in [6, 6.07) is 17.8. The Balaban J connectivity index is 1.47. The van der Waals surface area contributed by atoms with Crippen LogP contribution < -0.4 is 4.77 Å². The molecule has 1 saturated heterocycles. The van der Waals surface area contributed by atoms with Crippen LogP contribution in [0.1, 0.15) is 12.8 Å². The molecule has 1 radical (unpaired) electrons. The van der Waals surface area contributed by atoms with Gasteiger partial charge in [-0.25, -0.2) is 0 Å². The molecule has 0 aliphatic carbocycles. The molecule has 1 fully saturated rings.